The van der Waals surface area contributed by atoms with Crippen LogP contribution in [0.3, 0.4) is 0 Å². The zero-order valence-corrected chi connectivity index (χ0v) is 8.95. The molecule has 82 valence electrons. The number of rotatable bonds is 5. The van der Waals surface area contributed by atoms with Gasteiger partial charge in [0.1, 0.15) is 0 Å². The van der Waals surface area contributed by atoms with Crippen molar-refractivity contribution in [1.29, 1.82) is 0 Å². The van der Waals surface area contributed by atoms with Gasteiger partial charge < -0.3 is 4.74 Å². The van der Waals surface area contributed by atoms with E-state index in [1.165, 1.54) is 18.5 Å². The topological polar surface area (TPSA) is 60.5 Å². The SMILES string of the molecule is COCCONC(=O)c1ccncc1Cl. The first-order valence-electron chi connectivity index (χ1n) is 4.26. The van der Waals surface area contributed by atoms with Crippen LogP contribution in [0.5, 0.6) is 0 Å². The van der Waals surface area contributed by atoms with E-state index in [0.717, 1.165) is 0 Å². The molecule has 5 nitrogen and oxygen atoms in total. The molecule has 0 bridgehead atoms. The van der Waals surface area contributed by atoms with Crippen molar-refractivity contribution in [2.75, 3.05) is 20.3 Å². The normalized spacial score (nSPS) is 10.0. The standard InChI is InChI=1S/C9H11ClN2O3/c1-14-4-5-15-12-9(13)7-2-3-11-6-8(7)10/h2-3,6H,4-5H2,1H3,(H,12,13). The number of carbonyl (C=O) groups is 1. The number of carbonyl (C=O) groups excluding carboxylic acids is 1. The monoisotopic (exact) mass is 230 g/mol. The lowest BCUT2D eigenvalue weighted by Gasteiger charge is -2.05. The first kappa shape index (κ1) is 11.9. The van der Waals surface area contributed by atoms with E-state index in [2.05, 4.69) is 10.5 Å². The zero-order chi connectivity index (χ0) is 11.1. The molecule has 1 aromatic heterocycles. The summed E-state index contributed by atoms with van der Waals surface area (Å²) in [7, 11) is 1.55. The smallest absolute Gasteiger partial charge is 0.276 e. The predicted octanol–water partition coefficient (Wildman–Crippen LogP) is 1.04. The van der Waals surface area contributed by atoms with Gasteiger partial charge in [-0.25, -0.2) is 5.48 Å². The van der Waals surface area contributed by atoms with Crippen molar-refractivity contribution < 1.29 is 14.4 Å². The van der Waals surface area contributed by atoms with Crippen LogP contribution >= 0.6 is 11.6 Å². The number of pyridine rings is 1. The minimum atomic E-state index is -0.404. The Bertz CT molecular complexity index is 333. The molecule has 0 spiro atoms. The molecule has 1 N–H and O–H groups in total. The number of hydrogen-bond acceptors (Lipinski definition) is 4. The lowest BCUT2D eigenvalue weighted by molar-refractivity contribution is 0.00889. The maximum Gasteiger partial charge on any atom is 0.276 e. The fraction of sp³-hybridized carbons (Fsp3) is 0.333. The van der Waals surface area contributed by atoms with Gasteiger partial charge in [0.05, 0.1) is 23.8 Å². The van der Waals surface area contributed by atoms with Crippen molar-refractivity contribution in [3.63, 3.8) is 0 Å². The molecule has 0 atom stereocenters. The van der Waals surface area contributed by atoms with E-state index in [4.69, 9.17) is 21.2 Å². The summed E-state index contributed by atoms with van der Waals surface area (Å²) in [6, 6.07) is 1.51. The van der Waals surface area contributed by atoms with E-state index in [1.807, 2.05) is 0 Å². The van der Waals surface area contributed by atoms with Gasteiger partial charge in [0.25, 0.3) is 5.91 Å². The van der Waals surface area contributed by atoms with Crippen LogP contribution in [0.15, 0.2) is 18.5 Å². The molecule has 0 fully saturated rings. The molecule has 0 aliphatic heterocycles. The van der Waals surface area contributed by atoms with Crippen molar-refractivity contribution in [3.05, 3.63) is 29.0 Å². The molecular formula is C9H11ClN2O3. The van der Waals surface area contributed by atoms with E-state index in [0.29, 0.717) is 12.2 Å². The molecule has 0 aromatic carbocycles. The highest BCUT2D eigenvalue weighted by atomic mass is 35.5. The number of ether oxygens (including phenoxy) is 1. The summed E-state index contributed by atoms with van der Waals surface area (Å²) in [5.41, 5.74) is 2.57. The Morgan fingerprint density at radius 2 is 2.40 bits per heavy atom. The van der Waals surface area contributed by atoms with Gasteiger partial charge in [-0.05, 0) is 6.07 Å². The number of hydroxylamine groups is 1. The second-order valence-electron chi connectivity index (χ2n) is 2.63. The van der Waals surface area contributed by atoms with E-state index >= 15 is 0 Å². The van der Waals surface area contributed by atoms with Crippen LogP contribution in [0.2, 0.25) is 5.02 Å². The van der Waals surface area contributed by atoms with Crippen LogP contribution in [-0.4, -0.2) is 31.2 Å². The van der Waals surface area contributed by atoms with Gasteiger partial charge in [0, 0.05) is 19.5 Å². The molecular weight excluding hydrogens is 220 g/mol. The number of halogens is 1. The van der Waals surface area contributed by atoms with Gasteiger partial charge in [-0.3, -0.25) is 14.6 Å². The van der Waals surface area contributed by atoms with E-state index in [9.17, 15) is 4.79 Å². The number of hydrogen-bond donors (Lipinski definition) is 1. The van der Waals surface area contributed by atoms with Crippen LogP contribution in [0.25, 0.3) is 0 Å². The molecule has 1 heterocycles. The average Bonchev–Trinajstić information content (AvgIpc) is 2.25. The predicted molar refractivity (Wildman–Crippen MR) is 54.5 cm³/mol. The molecule has 1 amide bonds. The molecule has 15 heavy (non-hydrogen) atoms. The highest BCUT2D eigenvalue weighted by molar-refractivity contribution is 6.33. The Labute approximate surface area is 92.3 Å². The van der Waals surface area contributed by atoms with Crippen molar-refractivity contribution in [1.82, 2.24) is 10.5 Å². The Morgan fingerprint density at radius 1 is 1.60 bits per heavy atom. The number of methoxy groups -OCH3 is 1. The number of nitrogens with zero attached hydrogens (tertiary/aromatic N) is 1. The van der Waals surface area contributed by atoms with Crippen LogP contribution in [0.4, 0.5) is 0 Å². The summed E-state index contributed by atoms with van der Waals surface area (Å²) in [5.74, 6) is -0.404. The molecule has 0 unspecified atom stereocenters. The van der Waals surface area contributed by atoms with Gasteiger partial charge in [-0.1, -0.05) is 11.6 Å². The summed E-state index contributed by atoms with van der Waals surface area (Å²) in [4.78, 5) is 20.0. The van der Waals surface area contributed by atoms with Gasteiger partial charge in [-0.2, -0.15) is 0 Å². The molecule has 1 aromatic rings. The third kappa shape index (κ3) is 3.83. The van der Waals surface area contributed by atoms with Crippen molar-refractivity contribution in [2.45, 2.75) is 0 Å². The molecule has 0 saturated heterocycles. The highest BCUT2D eigenvalue weighted by Crippen LogP contribution is 2.12. The summed E-state index contributed by atoms with van der Waals surface area (Å²) in [6.07, 6.45) is 2.88. The van der Waals surface area contributed by atoms with E-state index in [-0.39, 0.29) is 11.6 Å². The molecule has 0 aliphatic carbocycles. The van der Waals surface area contributed by atoms with E-state index in [1.54, 1.807) is 7.11 Å². The number of amides is 1. The minimum Gasteiger partial charge on any atom is -0.382 e. The quantitative estimate of drug-likeness (QED) is 0.607. The van der Waals surface area contributed by atoms with Crippen LogP contribution < -0.4 is 5.48 Å². The molecule has 0 radical (unpaired) electrons. The maximum atomic E-state index is 11.4. The average molecular weight is 231 g/mol. The first-order chi connectivity index (χ1) is 7.25. The molecule has 6 heteroatoms. The van der Waals surface area contributed by atoms with Gasteiger partial charge in [0.2, 0.25) is 0 Å². The maximum absolute atomic E-state index is 11.4. The van der Waals surface area contributed by atoms with Gasteiger partial charge in [-0.15, -0.1) is 0 Å². The van der Waals surface area contributed by atoms with Crippen LogP contribution in [0, 0.1) is 0 Å². The molecule has 1 rings (SSSR count). The fourth-order valence-electron chi connectivity index (χ4n) is 0.856. The largest absolute Gasteiger partial charge is 0.382 e. The Morgan fingerprint density at radius 3 is 3.07 bits per heavy atom. The Kier molecular flexibility index (Phi) is 5.03. The van der Waals surface area contributed by atoms with Gasteiger partial charge >= 0.3 is 0 Å². The number of aromatic nitrogens is 1. The lowest BCUT2D eigenvalue weighted by atomic mass is 10.2. The summed E-state index contributed by atoms with van der Waals surface area (Å²) in [5, 5.41) is 0.283. The fourth-order valence-corrected chi connectivity index (χ4v) is 1.06. The Hall–Kier alpha value is -1.17. The van der Waals surface area contributed by atoms with Gasteiger partial charge in [0.15, 0.2) is 0 Å². The summed E-state index contributed by atoms with van der Waals surface area (Å²) < 4.78 is 4.74. The third-order valence-electron chi connectivity index (χ3n) is 1.57. The molecule has 0 saturated carbocycles. The minimum absolute atomic E-state index is 0.283. The van der Waals surface area contributed by atoms with Crippen molar-refractivity contribution >= 4 is 17.5 Å². The van der Waals surface area contributed by atoms with Crippen LogP contribution in [0.1, 0.15) is 10.4 Å². The Balaban J connectivity index is 2.44. The van der Waals surface area contributed by atoms with Crippen molar-refractivity contribution in [2.24, 2.45) is 0 Å². The third-order valence-corrected chi connectivity index (χ3v) is 1.87. The highest BCUT2D eigenvalue weighted by Gasteiger charge is 2.09. The second kappa shape index (κ2) is 6.34. The van der Waals surface area contributed by atoms with Crippen LogP contribution in [-0.2, 0) is 9.57 Å². The zero-order valence-electron chi connectivity index (χ0n) is 8.20. The lowest BCUT2D eigenvalue weighted by Crippen LogP contribution is -2.25. The first-order valence-corrected chi connectivity index (χ1v) is 4.64. The van der Waals surface area contributed by atoms with E-state index < -0.39 is 5.91 Å². The molecule has 0 aliphatic rings. The summed E-state index contributed by atoms with van der Waals surface area (Å²) >= 11 is 5.76. The van der Waals surface area contributed by atoms with Crippen molar-refractivity contribution in [3.8, 4) is 0 Å². The second-order valence-corrected chi connectivity index (χ2v) is 3.04. The number of nitrogens with one attached hydrogen (secondary N) is 1. The summed E-state index contributed by atoms with van der Waals surface area (Å²) in [6.45, 7) is 0.690.